The van der Waals surface area contributed by atoms with Crippen LogP contribution >= 0.6 is 0 Å². The fraction of sp³-hybridized carbons (Fsp3) is 0.500. The molecule has 2 rings (SSSR count). The van der Waals surface area contributed by atoms with E-state index in [4.69, 9.17) is 0 Å². The van der Waals surface area contributed by atoms with Crippen molar-refractivity contribution in [1.82, 2.24) is 25.4 Å². The number of H-pyrrole nitrogens is 1. The molecule has 0 aromatic carbocycles. The van der Waals surface area contributed by atoms with Gasteiger partial charge in [0, 0.05) is 13.1 Å². The Kier molecular flexibility index (Phi) is 2.36. The molecule has 7 nitrogen and oxygen atoms in total. The summed E-state index contributed by atoms with van der Waals surface area (Å²) in [5.74, 6) is 0.234. The molecule has 80 valence electrons. The highest BCUT2D eigenvalue weighted by Crippen LogP contribution is 2.01. The van der Waals surface area contributed by atoms with Crippen LogP contribution < -0.4 is 5.32 Å². The normalized spacial score (nSPS) is 16.3. The topological polar surface area (TPSA) is 91.0 Å². The molecule has 0 radical (unpaired) electrons. The maximum atomic E-state index is 11.8. The Bertz CT molecular complexity index is 399. The van der Waals surface area contributed by atoms with Gasteiger partial charge in [0.1, 0.15) is 12.4 Å². The van der Waals surface area contributed by atoms with Gasteiger partial charge in [-0.3, -0.25) is 14.7 Å². The zero-order valence-electron chi connectivity index (χ0n) is 8.28. The molecule has 15 heavy (non-hydrogen) atoms. The van der Waals surface area contributed by atoms with Crippen LogP contribution in [-0.2, 0) is 4.79 Å². The van der Waals surface area contributed by atoms with Crippen molar-refractivity contribution < 1.29 is 9.59 Å². The molecule has 1 fully saturated rings. The number of nitrogens with one attached hydrogen (secondary N) is 2. The van der Waals surface area contributed by atoms with Gasteiger partial charge < -0.3 is 10.2 Å². The summed E-state index contributed by atoms with van der Waals surface area (Å²) in [6.45, 7) is 2.77. The fourth-order valence-corrected chi connectivity index (χ4v) is 1.39. The summed E-state index contributed by atoms with van der Waals surface area (Å²) >= 11 is 0. The molecule has 2 amide bonds. The molecule has 0 unspecified atom stereocenters. The van der Waals surface area contributed by atoms with Gasteiger partial charge in [0.25, 0.3) is 5.91 Å². The Balaban J connectivity index is 2.10. The average molecular weight is 209 g/mol. The number of aromatic amines is 1. The van der Waals surface area contributed by atoms with Gasteiger partial charge in [-0.2, -0.15) is 0 Å². The van der Waals surface area contributed by atoms with E-state index in [-0.39, 0.29) is 24.2 Å². The molecule has 0 spiro atoms. The second-order valence-electron chi connectivity index (χ2n) is 3.32. The number of carbonyl (C=O) groups is 2. The maximum Gasteiger partial charge on any atom is 0.294 e. The summed E-state index contributed by atoms with van der Waals surface area (Å²) in [6, 6.07) is 0. The second-order valence-corrected chi connectivity index (χ2v) is 3.32. The van der Waals surface area contributed by atoms with Crippen LogP contribution in [0.3, 0.4) is 0 Å². The van der Waals surface area contributed by atoms with Crippen LogP contribution in [0.1, 0.15) is 16.4 Å². The van der Waals surface area contributed by atoms with Crippen molar-refractivity contribution in [1.29, 1.82) is 0 Å². The predicted molar refractivity (Wildman–Crippen MR) is 50.0 cm³/mol. The first kappa shape index (κ1) is 9.63. The van der Waals surface area contributed by atoms with Crippen molar-refractivity contribution in [2.24, 2.45) is 0 Å². The molecule has 0 atom stereocenters. The second kappa shape index (κ2) is 3.68. The van der Waals surface area contributed by atoms with Crippen LogP contribution in [0.5, 0.6) is 0 Å². The van der Waals surface area contributed by atoms with Crippen LogP contribution in [0.2, 0.25) is 0 Å². The van der Waals surface area contributed by atoms with E-state index in [1.807, 2.05) is 0 Å². The van der Waals surface area contributed by atoms with Crippen molar-refractivity contribution in [2.45, 2.75) is 6.92 Å². The Morgan fingerprint density at radius 1 is 1.53 bits per heavy atom. The molecule has 7 heteroatoms. The molecule has 0 bridgehead atoms. The lowest BCUT2D eigenvalue weighted by Crippen LogP contribution is -2.50. The minimum absolute atomic E-state index is 0.0758. The highest BCUT2D eigenvalue weighted by Gasteiger charge is 2.24. The smallest absolute Gasteiger partial charge is 0.294 e. The quantitative estimate of drug-likeness (QED) is 0.600. The number of amides is 2. The van der Waals surface area contributed by atoms with Gasteiger partial charge in [-0.1, -0.05) is 0 Å². The van der Waals surface area contributed by atoms with Gasteiger partial charge in [0.15, 0.2) is 0 Å². The SMILES string of the molecule is Cc1nc(C(=O)N2CCNC(=O)C2)n[nH]1. The van der Waals surface area contributed by atoms with Crippen molar-refractivity contribution in [3.8, 4) is 0 Å². The number of rotatable bonds is 1. The van der Waals surface area contributed by atoms with E-state index in [0.717, 1.165) is 0 Å². The van der Waals surface area contributed by atoms with E-state index >= 15 is 0 Å². The molecular weight excluding hydrogens is 198 g/mol. The largest absolute Gasteiger partial charge is 0.353 e. The van der Waals surface area contributed by atoms with Crippen molar-refractivity contribution >= 4 is 11.8 Å². The summed E-state index contributed by atoms with van der Waals surface area (Å²) < 4.78 is 0. The van der Waals surface area contributed by atoms with Crippen molar-refractivity contribution in [3.63, 3.8) is 0 Å². The van der Waals surface area contributed by atoms with Gasteiger partial charge in [0.2, 0.25) is 11.7 Å². The molecule has 2 heterocycles. The lowest BCUT2D eigenvalue weighted by Gasteiger charge is -2.25. The number of hydrogen-bond donors (Lipinski definition) is 2. The van der Waals surface area contributed by atoms with Crippen LogP contribution in [0.25, 0.3) is 0 Å². The first-order chi connectivity index (χ1) is 7.16. The Morgan fingerprint density at radius 3 is 2.93 bits per heavy atom. The molecule has 1 saturated heterocycles. The molecule has 0 saturated carbocycles. The summed E-state index contributed by atoms with van der Waals surface area (Å²) in [7, 11) is 0. The van der Waals surface area contributed by atoms with E-state index in [1.54, 1.807) is 6.92 Å². The summed E-state index contributed by atoms with van der Waals surface area (Å²) in [6.07, 6.45) is 0. The molecule has 0 aliphatic carbocycles. The first-order valence-corrected chi connectivity index (χ1v) is 4.62. The Labute approximate surface area is 85.9 Å². The Morgan fingerprint density at radius 2 is 2.33 bits per heavy atom. The minimum Gasteiger partial charge on any atom is -0.353 e. The van der Waals surface area contributed by atoms with E-state index in [0.29, 0.717) is 18.9 Å². The summed E-state index contributed by atoms with van der Waals surface area (Å²) in [5.41, 5.74) is 0. The summed E-state index contributed by atoms with van der Waals surface area (Å²) in [4.78, 5) is 28.2. The van der Waals surface area contributed by atoms with Crippen LogP contribution in [0.15, 0.2) is 0 Å². The van der Waals surface area contributed by atoms with Gasteiger partial charge >= 0.3 is 0 Å². The third-order valence-corrected chi connectivity index (χ3v) is 2.11. The molecular formula is C8H11N5O2. The molecule has 1 aliphatic rings. The van der Waals surface area contributed by atoms with Crippen molar-refractivity contribution in [2.75, 3.05) is 19.6 Å². The fourth-order valence-electron chi connectivity index (χ4n) is 1.39. The average Bonchev–Trinajstić information content (AvgIpc) is 2.64. The number of nitrogens with zero attached hydrogens (tertiary/aromatic N) is 3. The molecule has 1 aliphatic heterocycles. The molecule has 2 N–H and O–H groups in total. The number of aryl methyl sites for hydroxylation is 1. The summed E-state index contributed by atoms with van der Waals surface area (Å²) in [5, 5.41) is 8.99. The standard InChI is InChI=1S/C8H11N5O2/c1-5-10-7(12-11-5)8(15)13-3-2-9-6(14)4-13/h2-4H2,1H3,(H,9,14)(H,10,11,12). The maximum absolute atomic E-state index is 11.8. The minimum atomic E-state index is -0.311. The van der Waals surface area contributed by atoms with Crippen LogP contribution in [0, 0.1) is 6.92 Å². The third-order valence-electron chi connectivity index (χ3n) is 2.11. The molecule has 1 aromatic rings. The monoisotopic (exact) mass is 209 g/mol. The number of hydrogen-bond acceptors (Lipinski definition) is 4. The van der Waals surface area contributed by atoms with Crippen LogP contribution in [-0.4, -0.2) is 51.5 Å². The number of carbonyl (C=O) groups excluding carboxylic acids is 2. The van der Waals surface area contributed by atoms with Gasteiger partial charge in [-0.25, -0.2) is 4.98 Å². The number of piperazine rings is 1. The predicted octanol–water partition coefficient (Wildman–Crippen LogP) is -1.31. The zero-order chi connectivity index (χ0) is 10.8. The van der Waals surface area contributed by atoms with Crippen molar-refractivity contribution in [3.05, 3.63) is 11.6 Å². The first-order valence-electron chi connectivity index (χ1n) is 4.62. The number of aromatic nitrogens is 3. The lowest BCUT2D eigenvalue weighted by atomic mass is 10.3. The molecule has 1 aromatic heterocycles. The third kappa shape index (κ3) is 1.95. The highest BCUT2D eigenvalue weighted by molar-refractivity contribution is 5.94. The van der Waals surface area contributed by atoms with E-state index in [2.05, 4.69) is 20.5 Å². The zero-order valence-corrected chi connectivity index (χ0v) is 8.28. The lowest BCUT2D eigenvalue weighted by molar-refractivity contribution is -0.123. The van der Waals surface area contributed by atoms with Gasteiger partial charge in [0.05, 0.1) is 0 Å². The van der Waals surface area contributed by atoms with E-state index in [1.165, 1.54) is 4.90 Å². The van der Waals surface area contributed by atoms with E-state index < -0.39 is 0 Å². The highest BCUT2D eigenvalue weighted by atomic mass is 16.2. The van der Waals surface area contributed by atoms with E-state index in [9.17, 15) is 9.59 Å². The Hall–Kier alpha value is -1.92. The van der Waals surface area contributed by atoms with Gasteiger partial charge in [-0.05, 0) is 6.92 Å². The van der Waals surface area contributed by atoms with Gasteiger partial charge in [-0.15, -0.1) is 5.10 Å². The van der Waals surface area contributed by atoms with Crippen LogP contribution in [0.4, 0.5) is 0 Å².